The molecule has 3 aliphatic rings. The van der Waals surface area contributed by atoms with Crippen LogP contribution in [0, 0.1) is 0 Å². The maximum atomic E-state index is 13.5. The van der Waals surface area contributed by atoms with Crippen molar-refractivity contribution in [1.29, 1.82) is 0 Å². The first-order valence-electron chi connectivity index (χ1n) is 11.5. The van der Waals surface area contributed by atoms with Crippen LogP contribution in [0.15, 0.2) is 54.6 Å². The minimum absolute atomic E-state index is 0.0359. The van der Waals surface area contributed by atoms with Crippen LogP contribution in [0.4, 0.5) is 35.2 Å². The summed E-state index contributed by atoms with van der Waals surface area (Å²) in [6.07, 6.45) is -0.398. The molecule has 2 aromatic carbocycles. The second kappa shape index (κ2) is 7.75. The van der Waals surface area contributed by atoms with Crippen molar-refractivity contribution in [1.82, 2.24) is 4.98 Å². The highest BCUT2D eigenvalue weighted by Gasteiger charge is 2.40. The van der Waals surface area contributed by atoms with Crippen molar-refractivity contribution in [2.24, 2.45) is 0 Å². The number of pyridine rings is 1. The van der Waals surface area contributed by atoms with Gasteiger partial charge in [0.25, 0.3) is 0 Å². The van der Waals surface area contributed by atoms with E-state index in [1.807, 2.05) is 18.2 Å². The van der Waals surface area contributed by atoms with Gasteiger partial charge in [0, 0.05) is 24.3 Å². The number of hydrogen-bond donors (Lipinski definition) is 1. The summed E-state index contributed by atoms with van der Waals surface area (Å²) in [5.41, 5.74) is 4.23. The molecule has 1 fully saturated rings. The first kappa shape index (κ1) is 21.0. The Labute approximate surface area is 195 Å². The molecule has 2 aliphatic heterocycles. The third-order valence-corrected chi connectivity index (χ3v) is 7.01. The van der Waals surface area contributed by atoms with Gasteiger partial charge in [-0.05, 0) is 73.2 Å². The normalized spacial score (nSPS) is 18.6. The van der Waals surface area contributed by atoms with E-state index in [4.69, 9.17) is 4.98 Å². The van der Waals surface area contributed by atoms with Crippen LogP contribution < -0.4 is 15.1 Å². The van der Waals surface area contributed by atoms with Crippen molar-refractivity contribution in [3.8, 4) is 11.3 Å². The molecule has 0 unspecified atom stereocenters. The van der Waals surface area contributed by atoms with Crippen molar-refractivity contribution in [2.45, 2.75) is 37.9 Å². The van der Waals surface area contributed by atoms with Crippen LogP contribution in [-0.2, 0) is 19.0 Å². The number of rotatable bonds is 2. The van der Waals surface area contributed by atoms with E-state index in [1.165, 1.54) is 17.2 Å². The van der Waals surface area contributed by atoms with Gasteiger partial charge in [-0.25, -0.2) is 9.78 Å². The molecule has 1 N–H and O–H groups in total. The number of fused-ring (bicyclic) bond motifs is 5. The molecule has 174 valence electrons. The van der Waals surface area contributed by atoms with E-state index in [-0.39, 0.29) is 12.1 Å². The molecule has 5 nitrogen and oxygen atoms in total. The van der Waals surface area contributed by atoms with E-state index >= 15 is 0 Å². The van der Waals surface area contributed by atoms with E-state index in [1.54, 1.807) is 17.0 Å². The molecule has 2 bridgehead atoms. The van der Waals surface area contributed by atoms with Gasteiger partial charge in [-0.15, -0.1) is 0 Å². The van der Waals surface area contributed by atoms with Gasteiger partial charge >= 0.3 is 12.2 Å². The highest BCUT2D eigenvalue weighted by Crippen LogP contribution is 2.41. The number of halogens is 3. The molecular formula is C26H23F3N4O. The van der Waals surface area contributed by atoms with Gasteiger partial charge in [0.2, 0.25) is 0 Å². The lowest BCUT2D eigenvalue weighted by Crippen LogP contribution is -2.48. The molecule has 0 radical (unpaired) electrons. The monoisotopic (exact) mass is 464 g/mol. The number of alkyl halides is 3. The highest BCUT2D eigenvalue weighted by atomic mass is 19.4. The number of anilines is 3. The minimum atomic E-state index is -4.43. The summed E-state index contributed by atoms with van der Waals surface area (Å²) in [4.78, 5) is 22.0. The number of benzene rings is 2. The molecule has 0 spiro atoms. The molecule has 1 aliphatic carbocycles. The number of amides is 2. The lowest BCUT2D eigenvalue weighted by Gasteiger charge is -2.36. The number of hydrogen-bond acceptors (Lipinski definition) is 3. The Morgan fingerprint density at radius 3 is 2.74 bits per heavy atom. The molecule has 2 amide bonds. The number of urea groups is 1. The van der Waals surface area contributed by atoms with Crippen LogP contribution in [0.25, 0.3) is 11.3 Å². The smallest absolute Gasteiger partial charge is 0.366 e. The molecule has 3 heterocycles. The fraction of sp³-hybridized carbons (Fsp3) is 0.308. The highest BCUT2D eigenvalue weighted by molar-refractivity contribution is 6.04. The number of nitrogens with one attached hydrogen (secondary N) is 1. The largest absolute Gasteiger partial charge is 0.416 e. The number of carbonyl (C=O) groups is 1. The Kier molecular flexibility index (Phi) is 4.79. The van der Waals surface area contributed by atoms with Crippen LogP contribution in [0.5, 0.6) is 0 Å². The lowest BCUT2D eigenvalue weighted by molar-refractivity contribution is -0.137. The minimum Gasteiger partial charge on any atom is -0.366 e. The average molecular weight is 464 g/mol. The van der Waals surface area contributed by atoms with Crippen LogP contribution in [0.3, 0.4) is 0 Å². The van der Waals surface area contributed by atoms with Gasteiger partial charge in [-0.2, -0.15) is 13.2 Å². The Morgan fingerprint density at radius 1 is 1.03 bits per heavy atom. The van der Waals surface area contributed by atoms with Crippen molar-refractivity contribution in [2.75, 3.05) is 28.2 Å². The van der Waals surface area contributed by atoms with Crippen molar-refractivity contribution >= 4 is 23.2 Å². The van der Waals surface area contributed by atoms with Crippen molar-refractivity contribution < 1.29 is 18.0 Å². The van der Waals surface area contributed by atoms with Crippen LogP contribution in [0.1, 0.15) is 29.5 Å². The molecule has 3 aromatic rings. The first-order chi connectivity index (χ1) is 16.4. The number of nitrogens with zero attached hydrogens (tertiary/aromatic N) is 3. The van der Waals surface area contributed by atoms with Crippen LogP contribution in [0.2, 0.25) is 0 Å². The third-order valence-electron chi connectivity index (χ3n) is 7.01. The SMILES string of the molecule is O=C(Nc1ccc2c(c1)CCC2)N1c2nc(-c3cccc(C(F)(F)F)c3)ccc2N2CC[C@H]1C2. The summed E-state index contributed by atoms with van der Waals surface area (Å²) in [6.45, 7) is 1.53. The molecule has 8 heteroatoms. The third kappa shape index (κ3) is 3.57. The van der Waals surface area contributed by atoms with Crippen LogP contribution in [-0.4, -0.2) is 30.1 Å². The van der Waals surface area contributed by atoms with E-state index in [2.05, 4.69) is 16.3 Å². The number of aryl methyl sites for hydroxylation is 2. The van der Waals surface area contributed by atoms with Crippen LogP contribution >= 0.6 is 0 Å². The molecule has 1 atom stereocenters. The summed E-state index contributed by atoms with van der Waals surface area (Å²) in [5, 5.41) is 3.03. The lowest BCUT2D eigenvalue weighted by atomic mass is 10.1. The summed E-state index contributed by atoms with van der Waals surface area (Å²) in [6, 6.07) is 14.5. The fourth-order valence-corrected chi connectivity index (χ4v) is 5.32. The second-order valence-corrected chi connectivity index (χ2v) is 9.14. The first-order valence-corrected chi connectivity index (χ1v) is 11.5. The second-order valence-electron chi connectivity index (χ2n) is 9.14. The zero-order valence-corrected chi connectivity index (χ0v) is 18.4. The van der Waals surface area contributed by atoms with E-state index < -0.39 is 11.7 Å². The zero-order chi connectivity index (χ0) is 23.4. The van der Waals surface area contributed by atoms with E-state index in [0.29, 0.717) is 17.1 Å². The Morgan fingerprint density at radius 2 is 1.88 bits per heavy atom. The molecule has 1 aromatic heterocycles. The van der Waals surface area contributed by atoms with E-state index in [9.17, 15) is 18.0 Å². The van der Waals surface area contributed by atoms with Crippen molar-refractivity contribution in [3.63, 3.8) is 0 Å². The summed E-state index contributed by atoms with van der Waals surface area (Å²) in [5.74, 6) is 0.488. The Bertz CT molecular complexity index is 1290. The molecule has 1 saturated heterocycles. The van der Waals surface area contributed by atoms with E-state index in [0.717, 1.165) is 62.3 Å². The fourth-order valence-electron chi connectivity index (χ4n) is 5.32. The predicted octanol–water partition coefficient (Wildman–Crippen LogP) is 5.89. The maximum absolute atomic E-state index is 13.5. The quantitative estimate of drug-likeness (QED) is 0.515. The molecule has 6 rings (SSSR count). The zero-order valence-electron chi connectivity index (χ0n) is 18.4. The standard InChI is InChI=1S/C26H23F3N4O/c27-26(28,29)19-6-2-5-18(13-19)22-9-10-23-24(31-22)33(21-11-12-32(23)15-21)25(34)30-20-8-7-16-3-1-4-17(16)14-20/h2,5-10,13-14,21H,1,3-4,11-12,15H2,(H,30,34)/t21-/m0/s1. The maximum Gasteiger partial charge on any atom is 0.416 e. The van der Waals surface area contributed by atoms with Gasteiger partial charge in [0.15, 0.2) is 5.82 Å². The average Bonchev–Trinajstić information content (AvgIpc) is 3.46. The van der Waals surface area contributed by atoms with Gasteiger partial charge in [-0.1, -0.05) is 18.2 Å². The van der Waals surface area contributed by atoms with Crippen molar-refractivity contribution in [3.05, 3.63) is 71.3 Å². The van der Waals surface area contributed by atoms with Gasteiger partial charge in [0.1, 0.15) is 0 Å². The van der Waals surface area contributed by atoms with Gasteiger partial charge in [-0.3, -0.25) is 4.90 Å². The molecular weight excluding hydrogens is 441 g/mol. The number of carbonyl (C=O) groups excluding carboxylic acids is 1. The summed E-state index contributed by atoms with van der Waals surface area (Å²) in [7, 11) is 0. The molecule has 34 heavy (non-hydrogen) atoms. The Balaban J connectivity index is 1.35. The van der Waals surface area contributed by atoms with Gasteiger partial charge < -0.3 is 10.2 Å². The van der Waals surface area contributed by atoms with Gasteiger partial charge in [0.05, 0.1) is 23.0 Å². The summed E-state index contributed by atoms with van der Waals surface area (Å²) < 4.78 is 39.7. The summed E-state index contributed by atoms with van der Waals surface area (Å²) >= 11 is 0. The topological polar surface area (TPSA) is 48.5 Å². The number of aromatic nitrogens is 1. The molecule has 0 saturated carbocycles. The Hall–Kier alpha value is -3.55. The predicted molar refractivity (Wildman–Crippen MR) is 125 cm³/mol.